The van der Waals surface area contributed by atoms with Crippen molar-refractivity contribution in [2.45, 2.75) is 51.5 Å². The molecule has 5 heteroatoms. The molecule has 1 aliphatic carbocycles. The molecule has 1 aliphatic rings. The van der Waals surface area contributed by atoms with E-state index in [1.54, 1.807) is 0 Å². The van der Waals surface area contributed by atoms with Crippen molar-refractivity contribution in [1.82, 2.24) is 20.2 Å². The lowest BCUT2D eigenvalue weighted by atomic mass is 9.82. The maximum absolute atomic E-state index is 5.51. The Morgan fingerprint density at radius 1 is 1.44 bits per heavy atom. The van der Waals surface area contributed by atoms with Gasteiger partial charge in [0.15, 0.2) is 5.82 Å². The molecule has 2 atom stereocenters. The van der Waals surface area contributed by atoms with Crippen LogP contribution < -0.4 is 5.73 Å². The second kappa shape index (κ2) is 5.39. The van der Waals surface area contributed by atoms with Gasteiger partial charge in [0.2, 0.25) is 0 Å². The Kier molecular flexibility index (Phi) is 3.88. The van der Waals surface area contributed by atoms with Gasteiger partial charge in [-0.25, -0.2) is 4.68 Å². The second-order valence-electron chi connectivity index (χ2n) is 4.87. The summed E-state index contributed by atoms with van der Waals surface area (Å²) in [4.78, 5) is 0. The van der Waals surface area contributed by atoms with E-state index in [2.05, 4.69) is 22.4 Å². The highest BCUT2D eigenvalue weighted by molar-refractivity contribution is 4.96. The predicted molar refractivity (Wildman–Crippen MR) is 61.9 cm³/mol. The molecule has 2 rings (SSSR count). The van der Waals surface area contributed by atoms with Crippen LogP contribution in [0.5, 0.6) is 0 Å². The van der Waals surface area contributed by atoms with Gasteiger partial charge in [-0.1, -0.05) is 19.8 Å². The Bertz CT molecular complexity index is 322. The SMILES string of the molecule is CC1CCCC(c2nnnn2CCCN)C1. The molecule has 0 spiro atoms. The average molecular weight is 223 g/mol. The maximum Gasteiger partial charge on any atom is 0.154 e. The van der Waals surface area contributed by atoms with E-state index in [0.717, 1.165) is 24.7 Å². The molecule has 0 radical (unpaired) electrons. The van der Waals surface area contributed by atoms with Crippen LogP contribution in [0.25, 0.3) is 0 Å². The van der Waals surface area contributed by atoms with E-state index in [4.69, 9.17) is 5.73 Å². The Hall–Kier alpha value is -0.970. The van der Waals surface area contributed by atoms with Crippen molar-refractivity contribution in [2.75, 3.05) is 6.54 Å². The summed E-state index contributed by atoms with van der Waals surface area (Å²) in [7, 11) is 0. The van der Waals surface area contributed by atoms with E-state index in [1.807, 2.05) is 4.68 Å². The number of hydrogen-bond donors (Lipinski definition) is 1. The molecule has 1 fully saturated rings. The van der Waals surface area contributed by atoms with Gasteiger partial charge in [-0.05, 0) is 42.2 Å². The largest absolute Gasteiger partial charge is 0.330 e. The van der Waals surface area contributed by atoms with Gasteiger partial charge in [-0.3, -0.25) is 0 Å². The summed E-state index contributed by atoms with van der Waals surface area (Å²) in [5.41, 5.74) is 5.51. The summed E-state index contributed by atoms with van der Waals surface area (Å²) in [5, 5.41) is 12.0. The van der Waals surface area contributed by atoms with Gasteiger partial charge < -0.3 is 5.73 Å². The third-order valence-corrected chi connectivity index (χ3v) is 3.44. The van der Waals surface area contributed by atoms with Crippen LogP contribution in [-0.2, 0) is 6.54 Å². The fourth-order valence-corrected chi connectivity index (χ4v) is 2.57. The first-order valence-corrected chi connectivity index (χ1v) is 6.27. The van der Waals surface area contributed by atoms with E-state index >= 15 is 0 Å². The summed E-state index contributed by atoms with van der Waals surface area (Å²) in [6.45, 7) is 3.87. The molecule has 0 saturated heterocycles. The summed E-state index contributed by atoms with van der Waals surface area (Å²) in [6.07, 6.45) is 6.05. The van der Waals surface area contributed by atoms with Crippen molar-refractivity contribution in [3.63, 3.8) is 0 Å². The molecule has 16 heavy (non-hydrogen) atoms. The van der Waals surface area contributed by atoms with Crippen LogP contribution in [0.2, 0.25) is 0 Å². The lowest BCUT2D eigenvalue weighted by molar-refractivity contribution is 0.325. The van der Waals surface area contributed by atoms with Crippen molar-refractivity contribution in [1.29, 1.82) is 0 Å². The summed E-state index contributed by atoms with van der Waals surface area (Å²) >= 11 is 0. The maximum atomic E-state index is 5.51. The first kappa shape index (κ1) is 11.5. The summed E-state index contributed by atoms with van der Waals surface area (Å²) < 4.78 is 1.94. The molecule has 2 unspecified atom stereocenters. The van der Waals surface area contributed by atoms with Crippen LogP contribution in [0.4, 0.5) is 0 Å². The van der Waals surface area contributed by atoms with Crippen LogP contribution in [0.15, 0.2) is 0 Å². The van der Waals surface area contributed by atoms with Crippen molar-refractivity contribution >= 4 is 0 Å². The number of aromatic nitrogens is 4. The van der Waals surface area contributed by atoms with Crippen LogP contribution in [0.1, 0.15) is 50.8 Å². The molecule has 1 saturated carbocycles. The minimum absolute atomic E-state index is 0.552. The monoisotopic (exact) mass is 223 g/mol. The molecule has 5 nitrogen and oxygen atoms in total. The van der Waals surface area contributed by atoms with Gasteiger partial charge in [-0.15, -0.1) is 5.10 Å². The Balaban J connectivity index is 2.04. The fourth-order valence-electron chi connectivity index (χ4n) is 2.57. The molecular weight excluding hydrogens is 202 g/mol. The molecule has 0 amide bonds. The van der Waals surface area contributed by atoms with Gasteiger partial charge >= 0.3 is 0 Å². The van der Waals surface area contributed by atoms with Gasteiger partial charge in [0.1, 0.15) is 0 Å². The minimum atomic E-state index is 0.552. The van der Waals surface area contributed by atoms with Crippen LogP contribution in [-0.4, -0.2) is 26.8 Å². The van der Waals surface area contributed by atoms with E-state index in [9.17, 15) is 0 Å². The Morgan fingerprint density at radius 3 is 3.06 bits per heavy atom. The summed E-state index contributed by atoms with van der Waals surface area (Å²) in [5.74, 6) is 2.43. The van der Waals surface area contributed by atoms with Crippen LogP contribution in [0, 0.1) is 5.92 Å². The van der Waals surface area contributed by atoms with Crippen molar-refractivity contribution in [3.05, 3.63) is 5.82 Å². The van der Waals surface area contributed by atoms with Gasteiger partial charge in [-0.2, -0.15) is 0 Å². The number of nitrogens with two attached hydrogens (primary N) is 1. The van der Waals surface area contributed by atoms with Crippen molar-refractivity contribution in [3.8, 4) is 0 Å². The summed E-state index contributed by atoms with van der Waals surface area (Å²) in [6, 6.07) is 0. The third-order valence-electron chi connectivity index (χ3n) is 3.44. The van der Waals surface area contributed by atoms with E-state index in [0.29, 0.717) is 12.5 Å². The molecule has 1 aromatic heterocycles. The van der Waals surface area contributed by atoms with E-state index < -0.39 is 0 Å². The highest BCUT2D eigenvalue weighted by atomic mass is 15.5. The molecule has 1 heterocycles. The van der Waals surface area contributed by atoms with Crippen LogP contribution >= 0.6 is 0 Å². The Morgan fingerprint density at radius 2 is 2.31 bits per heavy atom. The zero-order valence-electron chi connectivity index (χ0n) is 9.97. The number of rotatable bonds is 4. The molecule has 90 valence electrons. The minimum Gasteiger partial charge on any atom is -0.330 e. The molecule has 0 aromatic carbocycles. The quantitative estimate of drug-likeness (QED) is 0.835. The van der Waals surface area contributed by atoms with Gasteiger partial charge in [0.05, 0.1) is 0 Å². The highest BCUT2D eigenvalue weighted by Crippen LogP contribution is 2.34. The molecule has 0 bridgehead atoms. The van der Waals surface area contributed by atoms with Crippen molar-refractivity contribution < 1.29 is 0 Å². The van der Waals surface area contributed by atoms with Crippen molar-refractivity contribution in [2.24, 2.45) is 11.7 Å². The number of hydrogen-bond acceptors (Lipinski definition) is 4. The number of nitrogens with zero attached hydrogens (tertiary/aromatic N) is 4. The Labute approximate surface area is 96.4 Å². The van der Waals surface area contributed by atoms with Gasteiger partial charge in [0, 0.05) is 12.5 Å². The zero-order chi connectivity index (χ0) is 11.4. The highest BCUT2D eigenvalue weighted by Gasteiger charge is 2.24. The second-order valence-corrected chi connectivity index (χ2v) is 4.87. The normalized spacial score (nSPS) is 25.9. The standard InChI is InChI=1S/C11H21N5/c1-9-4-2-5-10(8-9)11-13-14-15-16(11)7-3-6-12/h9-10H,2-8,12H2,1H3. The zero-order valence-corrected chi connectivity index (χ0v) is 9.97. The lowest BCUT2D eigenvalue weighted by Crippen LogP contribution is -2.18. The molecule has 2 N–H and O–H groups in total. The number of tetrazole rings is 1. The predicted octanol–water partition coefficient (Wildman–Crippen LogP) is 1.32. The first-order chi connectivity index (χ1) is 7.81. The van der Waals surface area contributed by atoms with E-state index in [1.165, 1.54) is 25.7 Å². The van der Waals surface area contributed by atoms with E-state index in [-0.39, 0.29) is 0 Å². The fraction of sp³-hybridized carbons (Fsp3) is 0.909. The number of aryl methyl sites for hydroxylation is 1. The molecular formula is C11H21N5. The average Bonchev–Trinajstić information content (AvgIpc) is 2.74. The third kappa shape index (κ3) is 2.58. The first-order valence-electron chi connectivity index (χ1n) is 6.27. The lowest BCUT2D eigenvalue weighted by Gasteiger charge is -2.25. The molecule has 0 aliphatic heterocycles. The smallest absolute Gasteiger partial charge is 0.154 e. The van der Waals surface area contributed by atoms with Crippen LogP contribution in [0.3, 0.4) is 0 Å². The van der Waals surface area contributed by atoms with Gasteiger partial charge in [0.25, 0.3) is 0 Å². The molecule has 1 aromatic rings. The topological polar surface area (TPSA) is 69.6 Å².